The van der Waals surface area contributed by atoms with Crippen LogP contribution in [-0.2, 0) is 4.74 Å². The zero-order chi connectivity index (χ0) is 11.4. The highest BCUT2D eigenvalue weighted by Gasteiger charge is 2.16. The fraction of sp³-hybridized carbons (Fsp3) is 0.273. The number of carbonyl (C=O) groups excluding carboxylic acids is 1. The average Bonchev–Trinajstić information content (AvgIpc) is 2.22. The van der Waals surface area contributed by atoms with Crippen LogP contribution in [0.3, 0.4) is 0 Å². The molecule has 0 aliphatic rings. The van der Waals surface area contributed by atoms with Crippen LogP contribution >= 0.6 is 0 Å². The number of halogens is 1. The molecule has 0 fully saturated rings. The number of carbonyl (C=O) groups is 1. The fourth-order valence-corrected chi connectivity index (χ4v) is 1.17. The van der Waals surface area contributed by atoms with E-state index >= 15 is 0 Å². The molecule has 1 aromatic carbocycles. The van der Waals surface area contributed by atoms with E-state index in [0.717, 1.165) is 0 Å². The van der Waals surface area contributed by atoms with E-state index in [1.165, 1.54) is 19.1 Å². The molecule has 1 rings (SSSR count). The Morgan fingerprint density at radius 2 is 2.27 bits per heavy atom. The number of hydrogen-bond acceptors (Lipinski definition) is 3. The minimum atomic E-state index is -0.706. The number of esters is 1. The smallest absolute Gasteiger partial charge is 0.341 e. The quantitative estimate of drug-likeness (QED) is 0.698. The lowest BCUT2D eigenvalue weighted by Gasteiger charge is -2.05. The number of benzene rings is 1. The van der Waals surface area contributed by atoms with Crippen molar-refractivity contribution >= 4 is 5.97 Å². The van der Waals surface area contributed by atoms with Crippen LogP contribution in [0.2, 0.25) is 0 Å². The van der Waals surface area contributed by atoms with Crippen molar-refractivity contribution in [3.05, 3.63) is 34.6 Å². The first-order valence-corrected chi connectivity index (χ1v) is 4.48. The van der Waals surface area contributed by atoms with Gasteiger partial charge in [-0.2, -0.15) is 5.26 Å². The Bertz CT molecular complexity index is 435. The minimum absolute atomic E-state index is 0.131. The van der Waals surface area contributed by atoms with Gasteiger partial charge in [0, 0.05) is 5.56 Å². The first-order valence-electron chi connectivity index (χ1n) is 4.48. The largest absolute Gasteiger partial charge is 0.462 e. The van der Waals surface area contributed by atoms with Gasteiger partial charge in [0.2, 0.25) is 0 Å². The van der Waals surface area contributed by atoms with E-state index in [0.29, 0.717) is 0 Å². The molecule has 3 nitrogen and oxygen atoms in total. The van der Waals surface area contributed by atoms with Crippen LogP contribution in [0.5, 0.6) is 0 Å². The van der Waals surface area contributed by atoms with Gasteiger partial charge in [0.25, 0.3) is 0 Å². The van der Waals surface area contributed by atoms with Gasteiger partial charge in [0.05, 0.1) is 23.8 Å². The van der Waals surface area contributed by atoms with Crippen molar-refractivity contribution in [3.63, 3.8) is 0 Å². The lowest BCUT2D eigenvalue weighted by atomic mass is 10.1. The number of nitrogens with zero attached hydrogens (tertiary/aromatic N) is 1. The molecular formula is C11H10FNO2. The predicted molar refractivity (Wildman–Crippen MR) is 51.8 cm³/mol. The van der Waals surface area contributed by atoms with Gasteiger partial charge >= 0.3 is 5.97 Å². The summed E-state index contributed by atoms with van der Waals surface area (Å²) >= 11 is 0. The van der Waals surface area contributed by atoms with Crippen LogP contribution < -0.4 is 0 Å². The van der Waals surface area contributed by atoms with Crippen LogP contribution in [0.1, 0.15) is 28.4 Å². The van der Waals surface area contributed by atoms with Gasteiger partial charge in [-0.15, -0.1) is 0 Å². The summed E-state index contributed by atoms with van der Waals surface area (Å²) in [6.45, 7) is 3.29. The molecule has 0 spiro atoms. The molecule has 0 aromatic heterocycles. The molecule has 0 N–H and O–H groups in total. The monoisotopic (exact) mass is 207 g/mol. The molecule has 4 heteroatoms. The Morgan fingerprint density at radius 3 is 2.80 bits per heavy atom. The van der Waals surface area contributed by atoms with Crippen molar-refractivity contribution in [2.75, 3.05) is 6.61 Å². The number of ether oxygens (including phenoxy) is 1. The van der Waals surface area contributed by atoms with Gasteiger partial charge in [-0.05, 0) is 26.0 Å². The van der Waals surface area contributed by atoms with E-state index in [1.807, 2.05) is 6.07 Å². The maximum absolute atomic E-state index is 13.6. The third-order valence-electron chi connectivity index (χ3n) is 2.00. The Labute approximate surface area is 87.1 Å². The van der Waals surface area contributed by atoms with E-state index in [4.69, 9.17) is 5.26 Å². The summed E-state index contributed by atoms with van der Waals surface area (Å²) in [7, 11) is 0. The van der Waals surface area contributed by atoms with E-state index in [-0.39, 0.29) is 23.3 Å². The van der Waals surface area contributed by atoms with Crippen LogP contribution in [0.15, 0.2) is 12.1 Å². The van der Waals surface area contributed by atoms with Gasteiger partial charge < -0.3 is 4.74 Å². The molecule has 0 heterocycles. The van der Waals surface area contributed by atoms with Crippen molar-refractivity contribution in [2.45, 2.75) is 13.8 Å². The summed E-state index contributed by atoms with van der Waals surface area (Å²) < 4.78 is 18.2. The van der Waals surface area contributed by atoms with Crippen LogP contribution in [0, 0.1) is 24.1 Å². The standard InChI is InChI=1S/C11H10FNO2/c1-3-15-11(14)9-5-4-8(6-13)7(2)10(9)12/h4-5H,3H2,1-2H3. The van der Waals surface area contributed by atoms with Crippen molar-refractivity contribution in [1.82, 2.24) is 0 Å². The molecule has 1 aromatic rings. The van der Waals surface area contributed by atoms with E-state index in [9.17, 15) is 9.18 Å². The lowest BCUT2D eigenvalue weighted by molar-refractivity contribution is 0.0521. The van der Waals surface area contributed by atoms with Crippen molar-refractivity contribution < 1.29 is 13.9 Å². The summed E-state index contributed by atoms with van der Waals surface area (Å²) in [6, 6.07) is 4.51. The van der Waals surface area contributed by atoms with Crippen molar-refractivity contribution in [3.8, 4) is 6.07 Å². The Hall–Kier alpha value is -1.89. The normalized spacial score (nSPS) is 9.47. The summed E-state index contributed by atoms with van der Waals surface area (Å²) in [5.74, 6) is -1.39. The molecule has 0 saturated heterocycles. The van der Waals surface area contributed by atoms with Crippen LogP contribution in [0.4, 0.5) is 4.39 Å². The molecule has 0 saturated carbocycles. The fourth-order valence-electron chi connectivity index (χ4n) is 1.17. The molecule has 0 aliphatic carbocycles. The molecule has 15 heavy (non-hydrogen) atoms. The van der Waals surface area contributed by atoms with Crippen molar-refractivity contribution in [1.29, 1.82) is 5.26 Å². The topological polar surface area (TPSA) is 50.1 Å². The van der Waals surface area contributed by atoms with Crippen LogP contribution in [-0.4, -0.2) is 12.6 Å². The van der Waals surface area contributed by atoms with E-state index in [1.54, 1.807) is 6.92 Å². The molecule has 0 radical (unpaired) electrons. The highest BCUT2D eigenvalue weighted by Crippen LogP contribution is 2.17. The van der Waals surface area contributed by atoms with Gasteiger partial charge in [-0.25, -0.2) is 9.18 Å². The zero-order valence-electron chi connectivity index (χ0n) is 8.50. The maximum atomic E-state index is 13.6. The third-order valence-corrected chi connectivity index (χ3v) is 2.00. The Kier molecular flexibility index (Phi) is 3.40. The van der Waals surface area contributed by atoms with Gasteiger partial charge in [0.15, 0.2) is 0 Å². The number of nitriles is 1. The highest BCUT2D eigenvalue weighted by molar-refractivity contribution is 5.90. The molecule has 0 unspecified atom stereocenters. The second kappa shape index (κ2) is 4.56. The highest BCUT2D eigenvalue weighted by atomic mass is 19.1. The molecule has 0 bridgehead atoms. The molecular weight excluding hydrogens is 197 g/mol. The van der Waals surface area contributed by atoms with Gasteiger partial charge in [0.1, 0.15) is 5.82 Å². The lowest BCUT2D eigenvalue weighted by Crippen LogP contribution is -2.08. The van der Waals surface area contributed by atoms with Gasteiger partial charge in [-0.1, -0.05) is 0 Å². The summed E-state index contributed by atoms with van der Waals surface area (Å²) in [4.78, 5) is 11.3. The molecule has 0 amide bonds. The maximum Gasteiger partial charge on any atom is 0.341 e. The third kappa shape index (κ3) is 2.13. The average molecular weight is 207 g/mol. The molecule has 0 aliphatic heterocycles. The molecule has 78 valence electrons. The van der Waals surface area contributed by atoms with Crippen LogP contribution in [0.25, 0.3) is 0 Å². The number of rotatable bonds is 2. The second-order valence-electron chi connectivity index (χ2n) is 2.93. The second-order valence-corrected chi connectivity index (χ2v) is 2.93. The van der Waals surface area contributed by atoms with E-state index < -0.39 is 11.8 Å². The molecule has 0 atom stereocenters. The summed E-state index contributed by atoms with van der Waals surface area (Å²) in [6.07, 6.45) is 0. The Balaban J connectivity index is 3.19. The minimum Gasteiger partial charge on any atom is -0.462 e. The summed E-state index contributed by atoms with van der Waals surface area (Å²) in [5.41, 5.74) is 0.261. The first kappa shape index (κ1) is 11.2. The van der Waals surface area contributed by atoms with Gasteiger partial charge in [-0.3, -0.25) is 0 Å². The Morgan fingerprint density at radius 1 is 1.60 bits per heavy atom. The number of hydrogen-bond donors (Lipinski definition) is 0. The predicted octanol–water partition coefficient (Wildman–Crippen LogP) is 2.18. The van der Waals surface area contributed by atoms with E-state index in [2.05, 4.69) is 4.74 Å². The first-order chi connectivity index (χ1) is 7.11. The SMILES string of the molecule is CCOC(=O)c1ccc(C#N)c(C)c1F. The van der Waals surface area contributed by atoms with Crippen molar-refractivity contribution in [2.24, 2.45) is 0 Å². The zero-order valence-corrected chi connectivity index (χ0v) is 8.50. The summed E-state index contributed by atoms with van der Waals surface area (Å²) in [5, 5.41) is 8.64.